The van der Waals surface area contributed by atoms with Crippen LogP contribution in [-0.4, -0.2) is 41.8 Å². The molecule has 8 nitrogen and oxygen atoms in total. The van der Waals surface area contributed by atoms with Crippen LogP contribution >= 0.6 is 11.6 Å². The third-order valence-corrected chi connectivity index (χ3v) is 5.19. The molecular formula is C18H20ClNO7S. The first-order valence-corrected chi connectivity index (χ1v) is 9.99. The molecule has 28 heavy (non-hydrogen) atoms. The van der Waals surface area contributed by atoms with E-state index in [1.165, 1.54) is 50.6 Å². The van der Waals surface area contributed by atoms with Crippen molar-refractivity contribution in [1.82, 2.24) is 0 Å². The molecule has 0 aromatic heterocycles. The van der Waals surface area contributed by atoms with Gasteiger partial charge in [0.15, 0.2) is 6.61 Å². The van der Waals surface area contributed by atoms with Gasteiger partial charge < -0.3 is 18.9 Å². The molecule has 0 saturated carbocycles. The fourth-order valence-electron chi connectivity index (χ4n) is 2.20. The number of carbonyl (C=O) groups is 1. The van der Waals surface area contributed by atoms with Crippen LogP contribution in [0.15, 0.2) is 41.3 Å². The van der Waals surface area contributed by atoms with Crippen molar-refractivity contribution < 1.29 is 32.2 Å². The predicted octanol–water partition coefficient (Wildman–Crippen LogP) is 3.10. The van der Waals surface area contributed by atoms with Crippen molar-refractivity contribution in [2.75, 3.05) is 32.2 Å². The lowest BCUT2D eigenvalue weighted by molar-refractivity contribution is -0.145. The minimum Gasteiger partial charge on any atom is -0.495 e. The zero-order valence-corrected chi connectivity index (χ0v) is 17.1. The van der Waals surface area contributed by atoms with E-state index in [4.69, 9.17) is 30.5 Å². The van der Waals surface area contributed by atoms with Crippen molar-refractivity contribution in [3.63, 3.8) is 0 Å². The molecule has 0 atom stereocenters. The molecule has 0 unspecified atom stereocenters. The van der Waals surface area contributed by atoms with E-state index in [1.54, 1.807) is 6.92 Å². The molecule has 0 fully saturated rings. The van der Waals surface area contributed by atoms with Crippen molar-refractivity contribution in [2.45, 2.75) is 11.8 Å². The normalized spacial score (nSPS) is 10.9. The van der Waals surface area contributed by atoms with Gasteiger partial charge in [0, 0.05) is 12.1 Å². The summed E-state index contributed by atoms with van der Waals surface area (Å²) >= 11 is 6.03. The van der Waals surface area contributed by atoms with Gasteiger partial charge in [-0.25, -0.2) is 13.2 Å². The summed E-state index contributed by atoms with van der Waals surface area (Å²) in [4.78, 5) is 11.3. The summed E-state index contributed by atoms with van der Waals surface area (Å²) in [5.74, 6) is 0.356. The number of methoxy groups -OCH3 is 2. The van der Waals surface area contributed by atoms with E-state index in [1.807, 2.05) is 0 Å². The molecule has 0 saturated heterocycles. The Labute approximate surface area is 168 Å². The Morgan fingerprint density at radius 2 is 1.71 bits per heavy atom. The molecule has 1 N–H and O–H groups in total. The number of ether oxygens (including phenoxy) is 4. The number of hydrogen-bond acceptors (Lipinski definition) is 7. The summed E-state index contributed by atoms with van der Waals surface area (Å²) < 4.78 is 48.0. The van der Waals surface area contributed by atoms with E-state index >= 15 is 0 Å². The van der Waals surface area contributed by atoms with Gasteiger partial charge in [0.05, 0.1) is 36.4 Å². The van der Waals surface area contributed by atoms with Crippen LogP contribution in [0.5, 0.6) is 17.2 Å². The highest BCUT2D eigenvalue weighted by Gasteiger charge is 2.19. The lowest BCUT2D eigenvalue weighted by Crippen LogP contribution is -2.15. The largest absolute Gasteiger partial charge is 0.495 e. The van der Waals surface area contributed by atoms with Gasteiger partial charge in [-0.15, -0.1) is 0 Å². The Bertz CT molecular complexity index is 930. The van der Waals surface area contributed by atoms with E-state index in [0.717, 1.165) is 0 Å². The van der Waals surface area contributed by atoms with E-state index in [-0.39, 0.29) is 34.6 Å². The molecule has 2 aromatic carbocycles. The van der Waals surface area contributed by atoms with Gasteiger partial charge in [-0.2, -0.15) is 0 Å². The molecule has 0 bridgehead atoms. The van der Waals surface area contributed by atoms with Crippen LogP contribution < -0.4 is 18.9 Å². The maximum absolute atomic E-state index is 12.7. The first kappa shape index (κ1) is 21.6. The molecule has 2 aromatic rings. The maximum Gasteiger partial charge on any atom is 0.344 e. The molecule has 152 valence electrons. The number of esters is 1. The number of anilines is 1. The number of carbonyl (C=O) groups excluding carboxylic acids is 1. The van der Waals surface area contributed by atoms with Crippen molar-refractivity contribution in [2.24, 2.45) is 0 Å². The lowest BCUT2D eigenvalue weighted by Gasteiger charge is -2.14. The zero-order valence-electron chi connectivity index (χ0n) is 15.5. The highest BCUT2D eigenvalue weighted by molar-refractivity contribution is 7.92. The van der Waals surface area contributed by atoms with Crippen LogP contribution in [-0.2, 0) is 19.6 Å². The van der Waals surface area contributed by atoms with E-state index in [9.17, 15) is 13.2 Å². The Morgan fingerprint density at radius 1 is 1.07 bits per heavy atom. The minimum atomic E-state index is -3.92. The fourth-order valence-corrected chi connectivity index (χ4v) is 3.50. The topological polar surface area (TPSA) is 100 Å². The fraction of sp³-hybridized carbons (Fsp3) is 0.278. The van der Waals surface area contributed by atoms with Crippen LogP contribution in [0.1, 0.15) is 6.92 Å². The standard InChI is InChI=1S/C18H20ClNO7S/c1-4-26-18(21)11-27-12-5-7-13(8-6-12)28(22,23)20-15-10-16(24-2)14(19)9-17(15)25-3/h5-10,20H,4,11H2,1-3H3. The first-order chi connectivity index (χ1) is 13.3. The highest BCUT2D eigenvalue weighted by Crippen LogP contribution is 2.37. The number of benzene rings is 2. The van der Waals surface area contributed by atoms with Crippen LogP contribution in [0.3, 0.4) is 0 Å². The molecule has 0 aliphatic carbocycles. The second-order valence-electron chi connectivity index (χ2n) is 5.36. The maximum atomic E-state index is 12.7. The Kier molecular flexibility index (Phi) is 7.36. The van der Waals surface area contributed by atoms with Crippen molar-refractivity contribution in [1.29, 1.82) is 0 Å². The highest BCUT2D eigenvalue weighted by atomic mass is 35.5. The molecule has 0 heterocycles. The molecule has 0 radical (unpaired) electrons. The van der Waals surface area contributed by atoms with E-state index < -0.39 is 16.0 Å². The summed E-state index contributed by atoms with van der Waals surface area (Å²) in [5.41, 5.74) is 0.173. The van der Waals surface area contributed by atoms with Crippen LogP contribution in [0.2, 0.25) is 5.02 Å². The SMILES string of the molecule is CCOC(=O)COc1ccc(S(=O)(=O)Nc2cc(OC)c(Cl)cc2OC)cc1. The molecule has 2 rings (SSSR count). The quantitative estimate of drug-likeness (QED) is 0.611. The smallest absolute Gasteiger partial charge is 0.344 e. The number of halogens is 1. The monoisotopic (exact) mass is 429 g/mol. The van der Waals surface area contributed by atoms with Crippen LogP contribution in [0.25, 0.3) is 0 Å². The summed E-state index contributed by atoms with van der Waals surface area (Å²) in [6, 6.07) is 8.45. The van der Waals surface area contributed by atoms with Crippen LogP contribution in [0.4, 0.5) is 5.69 Å². The predicted molar refractivity (Wildman–Crippen MR) is 104 cm³/mol. The molecule has 0 aliphatic heterocycles. The minimum absolute atomic E-state index is 0.00745. The first-order valence-electron chi connectivity index (χ1n) is 8.13. The lowest BCUT2D eigenvalue weighted by atomic mass is 10.3. The number of nitrogens with one attached hydrogen (secondary N) is 1. The molecule has 0 amide bonds. The van der Waals surface area contributed by atoms with Gasteiger partial charge in [-0.05, 0) is 31.2 Å². The summed E-state index contributed by atoms with van der Waals surface area (Å²) in [6.45, 7) is 1.68. The van der Waals surface area contributed by atoms with E-state index in [2.05, 4.69) is 4.72 Å². The van der Waals surface area contributed by atoms with Gasteiger partial charge >= 0.3 is 5.97 Å². The van der Waals surface area contributed by atoms with Crippen molar-refractivity contribution in [3.05, 3.63) is 41.4 Å². The van der Waals surface area contributed by atoms with E-state index in [0.29, 0.717) is 11.5 Å². The van der Waals surface area contributed by atoms with Gasteiger partial charge in [0.25, 0.3) is 10.0 Å². The van der Waals surface area contributed by atoms with Gasteiger partial charge in [-0.1, -0.05) is 11.6 Å². The molecule has 10 heteroatoms. The third-order valence-electron chi connectivity index (χ3n) is 3.51. The second-order valence-corrected chi connectivity index (χ2v) is 7.45. The number of rotatable bonds is 9. The summed E-state index contributed by atoms with van der Waals surface area (Å²) in [7, 11) is -1.10. The average molecular weight is 430 g/mol. The van der Waals surface area contributed by atoms with Crippen LogP contribution in [0, 0.1) is 0 Å². The second kappa shape index (κ2) is 9.52. The van der Waals surface area contributed by atoms with Gasteiger partial charge in [-0.3, -0.25) is 4.72 Å². The average Bonchev–Trinajstić information content (AvgIpc) is 2.67. The summed E-state index contributed by atoms with van der Waals surface area (Å²) in [5, 5.41) is 0.283. The summed E-state index contributed by atoms with van der Waals surface area (Å²) in [6.07, 6.45) is 0. The zero-order chi connectivity index (χ0) is 20.7. The Balaban J connectivity index is 2.18. The molecule has 0 aliphatic rings. The number of hydrogen-bond donors (Lipinski definition) is 1. The van der Waals surface area contributed by atoms with Gasteiger partial charge in [0.1, 0.15) is 17.2 Å². The van der Waals surface area contributed by atoms with Gasteiger partial charge in [0.2, 0.25) is 0 Å². The van der Waals surface area contributed by atoms with Crippen molar-refractivity contribution >= 4 is 33.3 Å². The Morgan fingerprint density at radius 3 is 2.29 bits per heavy atom. The number of sulfonamides is 1. The Hall–Kier alpha value is -2.65. The van der Waals surface area contributed by atoms with Crippen molar-refractivity contribution in [3.8, 4) is 17.2 Å². The third kappa shape index (κ3) is 5.43. The molecule has 0 spiro atoms. The molecular weight excluding hydrogens is 410 g/mol.